The first kappa shape index (κ1) is 80.9. The second-order valence-corrected chi connectivity index (χ2v) is 19.0. The molecular formula is C63H91B5O10. The number of esters is 2. The van der Waals surface area contributed by atoms with Crippen LogP contribution < -0.4 is 9.47 Å². The Kier molecular flexibility index (Phi) is 52.4. The maximum Gasteiger partial charge on any atom is 0.308 e. The van der Waals surface area contributed by atoms with E-state index in [1.807, 2.05) is 126 Å². The number of rotatable bonds is 18. The van der Waals surface area contributed by atoms with E-state index >= 15 is 0 Å². The third kappa shape index (κ3) is 43.1. The molecule has 15 heteroatoms. The molecule has 0 N–H and O–H groups in total. The zero-order chi connectivity index (χ0) is 61.3. The van der Waals surface area contributed by atoms with Crippen molar-refractivity contribution < 1.29 is 47.8 Å². The minimum absolute atomic E-state index is 0.0319. The summed E-state index contributed by atoms with van der Waals surface area (Å²) in [5.74, 6) is 1.57. The number of ether oxygens (including phenoxy) is 3. The van der Waals surface area contributed by atoms with Gasteiger partial charge in [0, 0.05) is 60.8 Å². The normalized spacial score (nSPS) is 9.67. The van der Waals surface area contributed by atoms with Crippen molar-refractivity contribution in [1.29, 1.82) is 0 Å². The van der Waals surface area contributed by atoms with Crippen molar-refractivity contribution in [3.8, 4) is 11.5 Å². The fourth-order valence-electron chi connectivity index (χ4n) is 5.42. The first-order valence-corrected chi connectivity index (χ1v) is 26.5. The van der Waals surface area contributed by atoms with Crippen molar-refractivity contribution in [3.05, 3.63) is 144 Å². The molecule has 0 amide bonds. The Morgan fingerprint density at radius 3 is 1.18 bits per heavy atom. The van der Waals surface area contributed by atoms with Gasteiger partial charge in [0.05, 0.1) is 44.6 Å². The van der Waals surface area contributed by atoms with Gasteiger partial charge in [-0.1, -0.05) is 216 Å². The van der Waals surface area contributed by atoms with Gasteiger partial charge in [-0.15, -0.1) is 0 Å². The SMILES string of the molecule is C=C(C)C(C)(C)c1ccccc1OC(C)=O.CC(=O)C(C)(C)c1ccccc1OC=O.CC(C)CC(=O)c1ccccc1.CC(C)CC(=O)c1ccccc1.[B]CC.[B]CC.[B]CC.[B]CCC.[B]CCC(=O)COC(C)=O. The Hall–Kier alpha value is -5.97. The predicted octanol–water partition coefficient (Wildman–Crippen LogP) is 14.2. The zero-order valence-corrected chi connectivity index (χ0v) is 50.4. The van der Waals surface area contributed by atoms with Crippen LogP contribution in [0.3, 0.4) is 0 Å². The fourth-order valence-corrected chi connectivity index (χ4v) is 5.42. The van der Waals surface area contributed by atoms with E-state index in [1.54, 1.807) is 24.3 Å². The largest absolute Gasteiger partial charge is 0.458 e. The molecule has 0 bridgehead atoms. The second kappa shape index (κ2) is 50.5. The summed E-state index contributed by atoms with van der Waals surface area (Å²) in [5, 5.41) is 0. The number of allylic oxidation sites excluding steroid dienone is 1. The molecule has 0 aromatic heterocycles. The third-order valence-electron chi connectivity index (χ3n) is 10.0. The predicted molar refractivity (Wildman–Crippen MR) is 329 cm³/mol. The van der Waals surface area contributed by atoms with Crippen LogP contribution in [0.4, 0.5) is 0 Å². The Balaban J connectivity index is -0.000000271. The van der Waals surface area contributed by atoms with Gasteiger partial charge in [-0.25, -0.2) is 0 Å². The molecule has 0 aliphatic carbocycles. The molecular weight excluding hydrogens is 971 g/mol. The number of hydrogen-bond acceptors (Lipinski definition) is 10. The van der Waals surface area contributed by atoms with Crippen molar-refractivity contribution in [3.63, 3.8) is 0 Å². The smallest absolute Gasteiger partial charge is 0.308 e. The maximum atomic E-state index is 11.5. The minimum Gasteiger partial charge on any atom is -0.458 e. The van der Waals surface area contributed by atoms with Crippen LogP contribution in [0, 0.1) is 11.8 Å². The van der Waals surface area contributed by atoms with Crippen molar-refractivity contribution in [1.82, 2.24) is 0 Å². The van der Waals surface area contributed by atoms with Crippen LogP contribution in [0.2, 0.25) is 31.6 Å². The lowest BCUT2D eigenvalue weighted by molar-refractivity contribution is -0.145. The van der Waals surface area contributed by atoms with Gasteiger partial charge in [0.25, 0.3) is 6.47 Å². The highest BCUT2D eigenvalue weighted by Gasteiger charge is 2.29. The molecule has 0 unspecified atom stereocenters. The van der Waals surface area contributed by atoms with Gasteiger partial charge in [-0.05, 0) is 51.7 Å². The molecule has 4 aromatic carbocycles. The minimum atomic E-state index is -0.639. The second-order valence-electron chi connectivity index (χ2n) is 19.0. The van der Waals surface area contributed by atoms with E-state index in [0.717, 1.165) is 59.5 Å². The summed E-state index contributed by atoms with van der Waals surface area (Å²) in [6.45, 7) is 34.1. The van der Waals surface area contributed by atoms with Gasteiger partial charge in [0.2, 0.25) is 0 Å². The van der Waals surface area contributed by atoms with E-state index in [2.05, 4.69) is 59.8 Å². The van der Waals surface area contributed by atoms with E-state index in [-0.39, 0.29) is 47.5 Å². The lowest BCUT2D eigenvalue weighted by Gasteiger charge is -2.27. The summed E-state index contributed by atoms with van der Waals surface area (Å²) < 4.78 is 14.5. The number of ketones is 4. The summed E-state index contributed by atoms with van der Waals surface area (Å²) in [4.78, 5) is 76.5. The zero-order valence-electron chi connectivity index (χ0n) is 50.4. The van der Waals surface area contributed by atoms with E-state index in [1.165, 1.54) is 20.8 Å². The van der Waals surface area contributed by atoms with E-state index in [4.69, 9.17) is 48.7 Å². The van der Waals surface area contributed by atoms with Crippen LogP contribution >= 0.6 is 0 Å². The van der Waals surface area contributed by atoms with Crippen LogP contribution in [0.25, 0.3) is 0 Å². The molecule has 0 atom stereocenters. The van der Waals surface area contributed by atoms with Gasteiger partial charge in [0.1, 0.15) is 23.9 Å². The van der Waals surface area contributed by atoms with Crippen LogP contribution in [0.1, 0.15) is 168 Å². The molecule has 0 spiro atoms. The van der Waals surface area contributed by atoms with E-state index < -0.39 is 11.4 Å². The average molecular weight is 1060 g/mol. The summed E-state index contributed by atoms with van der Waals surface area (Å²) in [6, 6.07) is 33.5. The molecule has 0 heterocycles. The molecule has 10 radical (unpaired) electrons. The highest BCUT2D eigenvalue weighted by atomic mass is 16.5. The van der Waals surface area contributed by atoms with Gasteiger partial charge in [0.15, 0.2) is 17.3 Å². The molecule has 4 rings (SSSR count). The van der Waals surface area contributed by atoms with Crippen LogP contribution in [0.15, 0.2) is 121 Å². The summed E-state index contributed by atoms with van der Waals surface area (Å²) in [6.07, 6.45) is 6.03. The highest BCUT2D eigenvalue weighted by Crippen LogP contribution is 2.36. The molecule has 0 saturated carbocycles. The monoisotopic (exact) mass is 1060 g/mol. The van der Waals surface area contributed by atoms with Crippen molar-refractivity contribution in [2.45, 2.75) is 179 Å². The van der Waals surface area contributed by atoms with Crippen LogP contribution in [-0.2, 0) is 39.5 Å². The average Bonchev–Trinajstić information content (AvgIpc) is 3.37. The lowest BCUT2D eigenvalue weighted by Crippen LogP contribution is -2.27. The number of carbonyl (C=O) groups excluding carboxylic acids is 7. The van der Waals surface area contributed by atoms with Gasteiger partial charge in [-0.3, -0.25) is 33.6 Å². The molecule has 0 aliphatic rings. The van der Waals surface area contributed by atoms with Crippen molar-refractivity contribution in [2.75, 3.05) is 6.61 Å². The summed E-state index contributed by atoms with van der Waals surface area (Å²) in [7, 11) is 24.6. The number of Topliss-reactive ketones (excluding diaryl/α,β-unsaturated/α-hetero) is 4. The molecule has 0 aliphatic heterocycles. The first-order chi connectivity index (χ1) is 36.6. The highest BCUT2D eigenvalue weighted by molar-refractivity contribution is 6.10. The standard InChI is InChI=1S/C14H18O2.C12H14O3.2C11H14O.C6H9BO3.C3H7B.3C2H5B/c1-10(2)14(4,5)12-8-6-7-9-13(12)16-11(3)15;1-9(14)12(2,3)10-6-4-5-7-11(10)15-8-13;2*1-9(2)8-11(12)10-6-4-3-5-7-10;1-5(8)10-4-6(9)2-3-7;1-2-3-4;3*1-2-3/h6-9H,1H2,2-5H3;4-8H,1-3H3;2*3-7,9H,8H2,1-2H3;2-4H2,1H3;2-3H2,1H3;3*2H2,1H3. The number of benzene rings is 4. The maximum absolute atomic E-state index is 11.5. The molecule has 0 saturated heterocycles. The Morgan fingerprint density at radius 1 is 0.538 bits per heavy atom. The molecule has 418 valence electrons. The van der Waals surface area contributed by atoms with E-state index in [0.29, 0.717) is 49.0 Å². The Bertz CT molecular complexity index is 2160. The van der Waals surface area contributed by atoms with Crippen molar-refractivity contribution in [2.24, 2.45) is 11.8 Å². The number of para-hydroxylation sites is 2. The summed E-state index contributed by atoms with van der Waals surface area (Å²) in [5.41, 5.74) is 3.55. The summed E-state index contributed by atoms with van der Waals surface area (Å²) >= 11 is 0. The van der Waals surface area contributed by atoms with E-state index in [9.17, 15) is 33.6 Å². The van der Waals surface area contributed by atoms with Crippen LogP contribution in [0.5, 0.6) is 11.5 Å². The lowest BCUT2D eigenvalue weighted by atomic mass is 9.78. The fraction of sp³-hybridized carbons (Fsp3) is 0.476. The number of hydrogen-bond donors (Lipinski definition) is 0. The quantitative estimate of drug-likeness (QED) is 0.0235. The Labute approximate surface area is 478 Å². The van der Waals surface area contributed by atoms with Gasteiger partial charge >= 0.3 is 11.9 Å². The number of carbonyl (C=O) groups is 7. The molecule has 10 nitrogen and oxygen atoms in total. The molecule has 4 aromatic rings. The van der Waals surface area contributed by atoms with Crippen molar-refractivity contribution >= 4 is 80.8 Å². The van der Waals surface area contributed by atoms with Crippen LogP contribution in [-0.4, -0.2) is 87.4 Å². The van der Waals surface area contributed by atoms with Gasteiger partial charge < -0.3 is 14.2 Å². The third-order valence-corrected chi connectivity index (χ3v) is 10.0. The van der Waals surface area contributed by atoms with Gasteiger partial charge in [-0.2, -0.15) is 0 Å². The first-order valence-electron chi connectivity index (χ1n) is 26.5. The Morgan fingerprint density at radius 2 is 0.885 bits per heavy atom. The topological polar surface area (TPSA) is 147 Å². The molecule has 0 fully saturated rings. The molecule has 78 heavy (non-hydrogen) atoms.